The number of allylic oxidation sites excluding steroid dienone is 1. The molecule has 1 aromatic rings. The van der Waals surface area contributed by atoms with Gasteiger partial charge in [0.15, 0.2) is 0 Å². The summed E-state index contributed by atoms with van der Waals surface area (Å²) >= 11 is 0. The second kappa shape index (κ2) is 8.95. The zero-order valence-corrected chi connectivity index (χ0v) is 12.5. The lowest BCUT2D eigenvalue weighted by Crippen LogP contribution is -2.31. The van der Waals surface area contributed by atoms with Crippen LogP contribution < -0.4 is 4.74 Å². The summed E-state index contributed by atoms with van der Waals surface area (Å²) < 4.78 is 18.2. The van der Waals surface area contributed by atoms with Gasteiger partial charge in [0.25, 0.3) is 0 Å². The molecule has 0 atom stereocenters. The van der Waals surface area contributed by atoms with Gasteiger partial charge in [-0.1, -0.05) is 24.8 Å². The Kier molecular flexibility index (Phi) is 7.23. The summed E-state index contributed by atoms with van der Waals surface area (Å²) in [5.74, 6) is 0.157. The number of unbranched alkanes of at least 4 members (excludes halogenated alkanes) is 1. The second-order valence-corrected chi connectivity index (χ2v) is 4.80. The summed E-state index contributed by atoms with van der Waals surface area (Å²) in [6.45, 7) is 7.16. The molecule has 1 amide bonds. The van der Waals surface area contributed by atoms with Crippen LogP contribution >= 0.6 is 0 Å². The van der Waals surface area contributed by atoms with Crippen molar-refractivity contribution in [3.05, 3.63) is 54.9 Å². The summed E-state index contributed by atoms with van der Waals surface area (Å²) in [5.41, 5.74) is 0.925. The van der Waals surface area contributed by atoms with Crippen LogP contribution in [-0.4, -0.2) is 24.5 Å². The lowest BCUT2D eigenvalue weighted by Gasteiger charge is -2.22. The SMILES string of the molecule is C=CCCCC(=O)N(CC(=C)F)Cc1ccc(OC)cc1. The van der Waals surface area contributed by atoms with Crippen LogP contribution in [0.4, 0.5) is 4.39 Å². The third-order valence-corrected chi connectivity index (χ3v) is 3.05. The first kappa shape index (κ1) is 17.0. The molecule has 0 saturated heterocycles. The van der Waals surface area contributed by atoms with Crippen LogP contribution in [0.3, 0.4) is 0 Å². The topological polar surface area (TPSA) is 29.5 Å². The number of ether oxygens (including phenoxy) is 1. The molecule has 0 spiro atoms. The Morgan fingerprint density at radius 3 is 2.57 bits per heavy atom. The highest BCUT2D eigenvalue weighted by Crippen LogP contribution is 2.15. The van der Waals surface area contributed by atoms with Gasteiger partial charge in [-0.05, 0) is 30.5 Å². The maximum atomic E-state index is 13.1. The lowest BCUT2D eigenvalue weighted by molar-refractivity contribution is -0.131. The van der Waals surface area contributed by atoms with Crippen molar-refractivity contribution in [2.75, 3.05) is 13.7 Å². The molecule has 0 aliphatic rings. The van der Waals surface area contributed by atoms with Crippen molar-refractivity contribution in [2.24, 2.45) is 0 Å². The van der Waals surface area contributed by atoms with E-state index in [4.69, 9.17) is 4.74 Å². The molecule has 21 heavy (non-hydrogen) atoms. The summed E-state index contributed by atoms with van der Waals surface area (Å²) in [5, 5.41) is 0. The molecular formula is C17H22FNO2. The lowest BCUT2D eigenvalue weighted by atomic mass is 10.1. The van der Waals surface area contributed by atoms with E-state index >= 15 is 0 Å². The van der Waals surface area contributed by atoms with E-state index in [1.54, 1.807) is 13.2 Å². The summed E-state index contributed by atoms with van der Waals surface area (Å²) in [6, 6.07) is 7.37. The van der Waals surface area contributed by atoms with Crippen molar-refractivity contribution in [3.63, 3.8) is 0 Å². The molecular weight excluding hydrogens is 269 g/mol. The van der Waals surface area contributed by atoms with Crippen LogP contribution in [0.25, 0.3) is 0 Å². The number of amides is 1. The van der Waals surface area contributed by atoms with Gasteiger partial charge in [0.1, 0.15) is 11.6 Å². The van der Waals surface area contributed by atoms with Gasteiger partial charge >= 0.3 is 0 Å². The smallest absolute Gasteiger partial charge is 0.223 e. The van der Waals surface area contributed by atoms with E-state index < -0.39 is 5.83 Å². The average molecular weight is 291 g/mol. The molecule has 0 heterocycles. The normalized spacial score (nSPS) is 10.0. The van der Waals surface area contributed by atoms with Gasteiger partial charge in [0.2, 0.25) is 5.91 Å². The highest BCUT2D eigenvalue weighted by molar-refractivity contribution is 5.76. The minimum absolute atomic E-state index is 0.0705. The zero-order chi connectivity index (χ0) is 15.7. The van der Waals surface area contributed by atoms with Gasteiger partial charge in [0, 0.05) is 13.0 Å². The molecule has 114 valence electrons. The van der Waals surface area contributed by atoms with E-state index in [9.17, 15) is 9.18 Å². The van der Waals surface area contributed by atoms with Crippen molar-refractivity contribution in [1.29, 1.82) is 0 Å². The van der Waals surface area contributed by atoms with E-state index in [2.05, 4.69) is 13.2 Å². The first-order valence-electron chi connectivity index (χ1n) is 6.91. The molecule has 4 heteroatoms. The fourth-order valence-corrected chi connectivity index (χ4v) is 1.95. The van der Waals surface area contributed by atoms with Gasteiger partial charge in [-0.25, -0.2) is 4.39 Å². The molecule has 1 aromatic carbocycles. The number of carbonyl (C=O) groups excluding carboxylic acids is 1. The van der Waals surface area contributed by atoms with Gasteiger partial charge in [-0.15, -0.1) is 6.58 Å². The molecule has 0 aliphatic carbocycles. The summed E-state index contributed by atoms with van der Waals surface area (Å²) in [7, 11) is 1.59. The Labute approximate surface area is 125 Å². The number of halogens is 1. The quantitative estimate of drug-likeness (QED) is 0.510. The molecule has 0 radical (unpaired) electrons. The van der Waals surface area contributed by atoms with Crippen LogP contribution in [0, 0.1) is 0 Å². The second-order valence-electron chi connectivity index (χ2n) is 4.80. The van der Waals surface area contributed by atoms with Crippen molar-refractivity contribution in [3.8, 4) is 5.75 Å². The van der Waals surface area contributed by atoms with E-state index in [1.165, 1.54) is 4.90 Å². The maximum absolute atomic E-state index is 13.1. The Morgan fingerprint density at radius 1 is 1.38 bits per heavy atom. The third-order valence-electron chi connectivity index (χ3n) is 3.05. The van der Waals surface area contributed by atoms with Crippen molar-refractivity contribution in [2.45, 2.75) is 25.8 Å². The van der Waals surface area contributed by atoms with Crippen molar-refractivity contribution >= 4 is 5.91 Å². The molecule has 0 aromatic heterocycles. The number of benzene rings is 1. The summed E-state index contributed by atoms with van der Waals surface area (Å²) in [4.78, 5) is 13.6. The monoisotopic (exact) mass is 291 g/mol. The fourth-order valence-electron chi connectivity index (χ4n) is 1.95. The average Bonchev–Trinajstić information content (AvgIpc) is 2.47. The number of carbonyl (C=O) groups is 1. The Bertz CT molecular complexity index is 482. The number of rotatable bonds is 9. The first-order valence-corrected chi connectivity index (χ1v) is 6.91. The van der Waals surface area contributed by atoms with Crippen molar-refractivity contribution < 1.29 is 13.9 Å². The molecule has 0 bridgehead atoms. The molecule has 0 saturated carbocycles. The van der Waals surface area contributed by atoms with Crippen LogP contribution in [0.5, 0.6) is 5.75 Å². The van der Waals surface area contributed by atoms with E-state index in [-0.39, 0.29) is 12.5 Å². The maximum Gasteiger partial charge on any atom is 0.223 e. The third kappa shape index (κ3) is 6.25. The molecule has 0 fully saturated rings. The Balaban J connectivity index is 2.69. The van der Waals surface area contributed by atoms with Crippen LogP contribution in [0.2, 0.25) is 0 Å². The van der Waals surface area contributed by atoms with Gasteiger partial charge in [-0.2, -0.15) is 0 Å². The first-order chi connectivity index (χ1) is 10.1. The number of hydrogen-bond donors (Lipinski definition) is 0. The number of hydrogen-bond acceptors (Lipinski definition) is 2. The standard InChI is InChI=1S/C17H22FNO2/c1-4-5-6-7-17(20)19(12-14(2)18)13-15-8-10-16(21-3)11-9-15/h4,8-11H,1-2,5-7,12-13H2,3H3. The largest absolute Gasteiger partial charge is 0.497 e. The molecule has 0 unspecified atom stereocenters. The summed E-state index contributed by atoms with van der Waals surface area (Å²) in [6.07, 6.45) is 3.66. The number of methoxy groups -OCH3 is 1. The minimum atomic E-state index is -0.513. The zero-order valence-electron chi connectivity index (χ0n) is 12.5. The van der Waals surface area contributed by atoms with E-state index in [0.717, 1.165) is 24.2 Å². The van der Waals surface area contributed by atoms with Gasteiger partial charge < -0.3 is 9.64 Å². The Hall–Kier alpha value is -2.10. The van der Waals surface area contributed by atoms with Gasteiger partial charge in [0.05, 0.1) is 13.7 Å². The molecule has 1 rings (SSSR count). The van der Waals surface area contributed by atoms with Crippen LogP contribution in [-0.2, 0) is 11.3 Å². The molecule has 0 N–H and O–H groups in total. The van der Waals surface area contributed by atoms with Crippen molar-refractivity contribution in [1.82, 2.24) is 4.90 Å². The predicted octanol–water partition coefficient (Wildman–Crippen LogP) is 3.86. The van der Waals surface area contributed by atoms with Gasteiger partial charge in [-0.3, -0.25) is 4.79 Å². The molecule has 3 nitrogen and oxygen atoms in total. The van der Waals surface area contributed by atoms with E-state index in [0.29, 0.717) is 13.0 Å². The number of nitrogens with zero attached hydrogens (tertiary/aromatic N) is 1. The Morgan fingerprint density at radius 2 is 2.05 bits per heavy atom. The van der Waals surface area contributed by atoms with Crippen LogP contribution in [0.1, 0.15) is 24.8 Å². The predicted molar refractivity (Wildman–Crippen MR) is 82.7 cm³/mol. The molecule has 0 aliphatic heterocycles. The fraction of sp³-hybridized carbons (Fsp3) is 0.353. The highest BCUT2D eigenvalue weighted by atomic mass is 19.1. The highest BCUT2D eigenvalue weighted by Gasteiger charge is 2.14. The minimum Gasteiger partial charge on any atom is -0.497 e. The van der Waals surface area contributed by atoms with Crippen LogP contribution in [0.15, 0.2) is 49.3 Å². The van der Waals surface area contributed by atoms with E-state index in [1.807, 2.05) is 24.3 Å².